The summed E-state index contributed by atoms with van der Waals surface area (Å²) in [6, 6.07) is 15.1. The predicted octanol–water partition coefficient (Wildman–Crippen LogP) is 3.52. The first-order valence-corrected chi connectivity index (χ1v) is 7.13. The monoisotopic (exact) mass is 307 g/mol. The molecule has 0 aliphatic heterocycles. The van der Waals surface area contributed by atoms with Gasteiger partial charge in [0, 0.05) is 24.7 Å². The van der Waals surface area contributed by atoms with Crippen LogP contribution in [0.2, 0.25) is 0 Å². The number of amides is 1. The van der Waals surface area contributed by atoms with Gasteiger partial charge in [0.1, 0.15) is 12.0 Å². The summed E-state index contributed by atoms with van der Waals surface area (Å²) in [4.78, 5) is 12.5. The second-order valence-electron chi connectivity index (χ2n) is 5.11. The lowest BCUT2D eigenvalue weighted by Crippen LogP contribution is -2.17. The molecule has 1 aromatic carbocycles. The van der Waals surface area contributed by atoms with E-state index in [4.69, 9.17) is 8.94 Å². The molecule has 1 amide bonds. The SMILES string of the molecule is O=C(Nc1ccon1)c1cc2occc2n1Cc1ccccc1. The van der Waals surface area contributed by atoms with E-state index in [1.807, 2.05) is 41.0 Å². The van der Waals surface area contributed by atoms with Crippen molar-refractivity contribution in [3.63, 3.8) is 0 Å². The first kappa shape index (κ1) is 13.4. The van der Waals surface area contributed by atoms with E-state index < -0.39 is 0 Å². The Bertz CT molecular complexity index is 936. The molecule has 1 N–H and O–H groups in total. The number of benzene rings is 1. The van der Waals surface area contributed by atoms with Gasteiger partial charge in [-0.1, -0.05) is 35.5 Å². The number of furan rings is 1. The van der Waals surface area contributed by atoms with Gasteiger partial charge in [0.25, 0.3) is 5.91 Å². The molecule has 0 radical (unpaired) electrons. The summed E-state index contributed by atoms with van der Waals surface area (Å²) in [6.45, 7) is 0.575. The van der Waals surface area contributed by atoms with Crippen LogP contribution in [0.1, 0.15) is 16.1 Å². The highest BCUT2D eigenvalue weighted by molar-refractivity contribution is 6.05. The Hall–Kier alpha value is -3.28. The third-order valence-corrected chi connectivity index (χ3v) is 3.62. The Kier molecular flexibility index (Phi) is 3.20. The minimum atomic E-state index is -0.263. The minimum Gasteiger partial charge on any atom is -0.463 e. The van der Waals surface area contributed by atoms with Crippen molar-refractivity contribution in [2.75, 3.05) is 5.32 Å². The third-order valence-electron chi connectivity index (χ3n) is 3.62. The fourth-order valence-electron chi connectivity index (χ4n) is 2.56. The molecular weight excluding hydrogens is 294 g/mol. The van der Waals surface area contributed by atoms with Crippen LogP contribution in [0, 0.1) is 0 Å². The van der Waals surface area contributed by atoms with Gasteiger partial charge in [0.05, 0.1) is 11.8 Å². The highest BCUT2D eigenvalue weighted by Crippen LogP contribution is 2.23. The molecule has 6 nitrogen and oxygen atoms in total. The lowest BCUT2D eigenvalue weighted by atomic mass is 10.2. The van der Waals surface area contributed by atoms with E-state index >= 15 is 0 Å². The van der Waals surface area contributed by atoms with Gasteiger partial charge in [-0.25, -0.2) is 0 Å². The molecule has 0 bridgehead atoms. The van der Waals surface area contributed by atoms with Crippen LogP contribution >= 0.6 is 0 Å². The molecule has 0 spiro atoms. The van der Waals surface area contributed by atoms with E-state index in [0.29, 0.717) is 23.6 Å². The molecule has 0 aliphatic carbocycles. The van der Waals surface area contributed by atoms with Crippen molar-refractivity contribution in [3.8, 4) is 0 Å². The highest BCUT2D eigenvalue weighted by atomic mass is 16.5. The van der Waals surface area contributed by atoms with Crippen LogP contribution in [0.25, 0.3) is 11.1 Å². The maximum Gasteiger partial charge on any atom is 0.273 e. The van der Waals surface area contributed by atoms with Crippen molar-refractivity contribution in [1.82, 2.24) is 9.72 Å². The number of anilines is 1. The zero-order valence-corrected chi connectivity index (χ0v) is 12.1. The van der Waals surface area contributed by atoms with E-state index in [9.17, 15) is 4.79 Å². The number of nitrogens with zero attached hydrogens (tertiary/aromatic N) is 2. The lowest BCUT2D eigenvalue weighted by Gasteiger charge is -2.09. The minimum absolute atomic E-state index is 0.263. The van der Waals surface area contributed by atoms with Gasteiger partial charge in [-0.2, -0.15) is 0 Å². The van der Waals surface area contributed by atoms with Gasteiger partial charge in [-0.15, -0.1) is 0 Å². The average Bonchev–Trinajstić information content (AvgIpc) is 3.27. The molecule has 23 heavy (non-hydrogen) atoms. The van der Waals surface area contributed by atoms with Crippen molar-refractivity contribution in [2.45, 2.75) is 6.54 Å². The Labute approximate surface area is 131 Å². The normalized spacial score (nSPS) is 11.0. The third kappa shape index (κ3) is 2.50. The van der Waals surface area contributed by atoms with Crippen molar-refractivity contribution in [2.24, 2.45) is 0 Å². The number of carbonyl (C=O) groups is 1. The van der Waals surface area contributed by atoms with Crippen LogP contribution in [0.3, 0.4) is 0 Å². The number of rotatable bonds is 4. The van der Waals surface area contributed by atoms with E-state index in [1.54, 1.807) is 18.4 Å². The molecule has 3 heterocycles. The first-order valence-electron chi connectivity index (χ1n) is 7.13. The number of fused-ring (bicyclic) bond motifs is 1. The molecule has 114 valence electrons. The van der Waals surface area contributed by atoms with Crippen LogP contribution in [0.5, 0.6) is 0 Å². The molecule has 0 aliphatic rings. The molecule has 3 aromatic heterocycles. The molecule has 0 unspecified atom stereocenters. The second kappa shape index (κ2) is 5.49. The Morgan fingerprint density at radius 1 is 1.13 bits per heavy atom. The Morgan fingerprint density at radius 3 is 2.78 bits per heavy atom. The molecule has 0 saturated heterocycles. The molecular formula is C17H13N3O3. The van der Waals surface area contributed by atoms with Gasteiger partial charge in [0.15, 0.2) is 11.4 Å². The highest BCUT2D eigenvalue weighted by Gasteiger charge is 2.18. The molecule has 4 rings (SSSR count). The quantitative estimate of drug-likeness (QED) is 0.626. The lowest BCUT2D eigenvalue weighted by molar-refractivity contribution is 0.101. The fourth-order valence-corrected chi connectivity index (χ4v) is 2.56. The van der Waals surface area contributed by atoms with Crippen LogP contribution in [-0.2, 0) is 6.54 Å². The van der Waals surface area contributed by atoms with Gasteiger partial charge < -0.3 is 18.8 Å². The van der Waals surface area contributed by atoms with Crippen LogP contribution < -0.4 is 5.32 Å². The summed E-state index contributed by atoms with van der Waals surface area (Å²) in [5.74, 6) is 0.111. The number of hydrogen-bond donors (Lipinski definition) is 1. The molecule has 0 atom stereocenters. The Morgan fingerprint density at radius 2 is 2.00 bits per heavy atom. The van der Waals surface area contributed by atoms with Crippen molar-refractivity contribution >= 4 is 22.8 Å². The van der Waals surface area contributed by atoms with E-state index in [2.05, 4.69) is 10.5 Å². The van der Waals surface area contributed by atoms with E-state index in [0.717, 1.165) is 11.1 Å². The number of hydrogen-bond acceptors (Lipinski definition) is 4. The number of nitrogens with one attached hydrogen (secondary N) is 1. The standard InChI is InChI=1S/C17H13N3O3/c21-17(18-16-7-9-23-19-16)14-10-15-13(6-8-22-15)20(14)11-12-4-2-1-3-5-12/h1-10H,11H2,(H,18,19,21). The summed E-state index contributed by atoms with van der Waals surface area (Å²) in [5.41, 5.74) is 3.15. The molecule has 4 aromatic rings. The van der Waals surface area contributed by atoms with Gasteiger partial charge in [-0.3, -0.25) is 4.79 Å². The topological polar surface area (TPSA) is 73.2 Å². The second-order valence-corrected chi connectivity index (χ2v) is 5.11. The molecule has 6 heteroatoms. The van der Waals surface area contributed by atoms with Crippen molar-refractivity contribution < 1.29 is 13.7 Å². The largest absolute Gasteiger partial charge is 0.463 e. The Balaban J connectivity index is 1.72. The first-order chi connectivity index (χ1) is 11.3. The molecule has 0 fully saturated rings. The number of aromatic nitrogens is 2. The summed E-state index contributed by atoms with van der Waals surface area (Å²) in [5, 5.41) is 6.41. The van der Waals surface area contributed by atoms with Crippen molar-refractivity contribution in [1.29, 1.82) is 0 Å². The maximum absolute atomic E-state index is 12.5. The van der Waals surface area contributed by atoms with Crippen LogP contribution in [-0.4, -0.2) is 15.6 Å². The van der Waals surface area contributed by atoms with Crippen LogP contribution in [0.4, 0.5) is 5.82 Å². The fraction of sp³-hybridized carbons (Fsp3) is 0.0588. The van der Waals surface area contributed by atoms with Crippen molar-refractivity contribution in [3.05, 3.63) is 72.3 Å². The van der Waals surface area contributed by atoms with E-state index in [-0.39, 0.29) is 5.91 Å². The zero-order chi connectivity index (χ0) is 15.6. The summed E-state index contributed by atoms with van der Waals surface area (Å²) in [6.07, 6.45) is 3.02. The average molecular weight is 307 g/mol. The van der Waals surface area contributed by atoms with Crippen LogP contribution in [0.15, 0.2) is 70.0 Å². The zero-order valence-electron chi connectivity index (χ0n) is 12.1. The summed E-state index contributed by atoms with van der Waals surface area (Å²) in [7, 11) is 0. The predicted molar refractivity (Wildman–Crippen MR) is 84.2 cm³/mol. The van der Waals surface area contributed by atoms with Gasteiger partial charge in [-0.05, 0) is 5.56 Å². The summed E-state index contributed by atoms with van der Waals surface area (Å²) >= 11 is 0. The summed E-state index contributed by atoms with van der Waals surface area (Å²) < 4.78 is 12.1. The number of carbonyl (C=O) groups excluding carboxylic acids is 1. The van der Waals surface area contributed by atoms with Gasteiger partial charge in [0.2, 0.25) is 0 Å². The van der Waals surface area contributed by atoms with Gasteiger partial charge >= 0.3 is 0 Å². The maximum atomic E-state index is 12.5. The smallest absolute Gasteiger partial charge is 0.273 e. The van der Waals surface area contributed by atoms with E-state index in [1.165, 1.54) is 6.26 Å². The molecule has 0 saturated carbocycles.